The van der Waals surface area contributed by atoms with E-state index in [1.54, 1.807) is 30.3 Å². The molecular formula is C29H38ClN5O3. The van der Waals surface area contributed by atoms with Crippen LogP contribution in [0.2, 0.25) is 5.02 Å². The molecule has 0 saturated carbocycles. The van der Waals surface area contributed by atoms with Gasteiger partial charge in [0, 0.05) is 56.2 Å². The second-order valence-electron chi connectivity index (χ2n) is 11.0. The molecule has 0 atom stereocenters. The van der Waals surface area contributed by atoms with Gasteiger partial charge in [-0.1, -0.05) is 23.7 Å². The number of nitrogens with zero attached hydrogens (tertiary/aromatic N) is 3. The molecular weight excluding hydrogens is 502 g/mol. The monoisotopic (exact) mass is 539 g/mol. The van der Waals surface area contributed by atoms with Crippen molar-refractivity contribution in [1.29, 1.82) is 0 Å². The van der Waals surface area contributed by atoms with Crippen LogP contribution in [0.25, 0.3) is 0 Å². The molecule has 9 heteroatoms. The second kappa shape index (κ2) is 12.1. The zero-order chi connectivity index (χ0) is 27.3. The molecule has 8 nitrogen and oxygen atoms in total. The first-order valence-electron chi connectivity index (χ1n) is 13.4. The number of anilines is 2. The molecule has 0 spiro atoms. The Morgan fingerprint density at radius 3 is 2.21 bits per heavy atom. The zero-order valence-corrected chi connectivity index (χ0v) is 23.3. The molecule has 204 valence electrons. The summed E-state index contributed by atoms with van der Waals surface area (Å²) in [6.07, 6.45) is 3.90. The molecule has 2 aliphatic rings. The number of halogens is 1. The van der Waals surface area contributed by atoms with Crippen molar-refractivity contribution in [3.8, 4) is 0 Å². The van der Waals surface area contributed by atoms with Crippen LogP contribution in [-0.4, -0.2) is 72.5 Å². The molecule has 2 saturated heterocycles. The van der Waals surface area contributed by atoms with Crippen molar-refractivity contribution in [3.05, 3.63) is 58.6 Å². The lowest BCUT2D eigenvalue weighted by Crippen LogP contribution is -2.49. The molecule has 2 aliphatic heterocycles. The molecule has 38 heavy (non-hydrogen) atoms. The van der Waals surface area contributed by atoms with E-state index in [-0.39, 0.29) is 23.4 Å². The summed E-state index contributed by atoms with van der Waals surface area (Å²) in [5.41, 5.74) is 2.01. The van der Waals surface area contributed by atoms with Crippen molar-refractivity contribution in [1.82, 2.24) is 15.1 Å². The van der Waals surface area contributed by atoms with Crippen molar-refractivity contribution in [3.63, 3.8) is 0 Å². The van der Waals surface area contributed by atoms with Gasteiger partial charge in [-0.15, -0.1) is 0 Å². The number of nitrogens with one attached hydrogen (secondary N) is 2. The van der Waals surface area contributed by atoms with Gasteiger partial charge in [0.1, 0.15) is 0 Å². The lowest BCUT2D eigenvalue weighted by Gasteiger charge is -2.31. The first-order chi connectivity index (χ1) is 18.1. The van der Waals surface area contributed by atoms with E-state index in [0.29, 0.717) is 41.5 Å². The third-order valence-electron chi connectivity index (χ3n) is 6.85. The van der Waals surface area contributed by atoms with E-state index in [0.717, 1.165) is 51.0 Å². The summed E-state index contributed by atoms with van der Waals surface area (Å²) >= 11 is 6.22. The second-order valence-corrected chi connectivity index (χ2v) is 11.4. The van der Waals surface area contributed by atoms with Gasteiger partial charge >= 0.3 is 6.03 Å². The largest absolute Gasteiger partial charge is 0.369 e. The molecule has 4 amide bonds. The maximum atomic E-state index is 13.7. The van der Waals surface area contributed by atoms with E-state index < -0.39 is 0 Å². The minimum absolute atomic E-state index is 0.0277. The number of hydrogen-bond donors (Lipinski definition) is 2. The summed E-state index contributed by atoms with van der Waals surface area (Å²) in [6.45, 7) is 9.93. The van der Waals surface area contributed by atoms with Crippen molar-refractivity contribution in [2.24, 2.45) is 0 Å². The minimum Gasteiger partial charge on any atom is -0.369 e. The Labute approximate surface area is 230 Å². The summed E-state index contributed by atoms with van der Waals surface area (Å²) in [4.78, 5) is 45.3. The number of carbonyl (C=O) groups excluding carboxylic acids is 3. The van der Waals surface area contributed by atoms with Gasteiger partial charge in [-0.3, -0.25) is 9.59 Å². The molecule has 0 unspecified atom stereocenters. The number of rotatable bonds is 4. The number of likely N-dealkylation sites (tertiary alicyclic amines) is 1. The van der Waals surface area contributed by atoms with Gasteiger partial charge in [-0.2, -0.15) is 0 Å². The van der Waals surface area contributed by atoms with E-state index >= 15 is 0 Å². The van der Waals surface area contributed by atoms with E-state index in [9.17, 15) is 14.4 Å². The smallest absolute Gasteiger partial charge is 0.317 e. The fourth-order valence-electron chi connectivity index (χ4n) is 4.93. The van der Waals surface area contributed by atoms with Crippen LogP contribution >= 0.6 is 11.6 Å². The molecule has 0 radical (unpaired) electrons. The summed E-state index contributed by atoms with van der Waals surface area (Å²) in [5.74, 6) is -0.352. The van der Waals surface area contributed by atoms with Crippen LogP contribution in [-0.2, 0) is 0 Å². The van der Waals surface area contributed by atoms with Gasteiger partial charge in [0.25, 0.3) is 11.8 Å². The van der Waals surface area contributed by atoms with Crippen molar-refractivity contribution < 1.29 is 14.4 Å². The Morgan fingerprint density at radius 1 is 0.789 bits per heavy atom. The van der Waals surface area contributed by atoms with Crippen LogP contribution in [0.1, 0.15) is 67.2 Å². The SMILES string of the molecule is CC(C)(C)NC(=O)N1CCCN(c2ccc(NC(=O)c3ccccc3Cl)cc2C(=O)N2CCCCC2)CC1. The van der Waals surface area contributed by atoms with Crippen LogP contribution < -0.4 is 15.5 Å². The van der Waals surface area contributed by atoms with Crippen LogP contribution in [0.5, 0.6) is 0 Å². The predicted octanol–water partition coefficient (Wildman–Crippen LogP) is 5.24. The number of urea groups is 1. The highest BCUT2D eigenvalue weighted by Gasteiger charge is 2.27. The van der Waals surface area contributed by atoms with Crippen molar-refractivity contribution in [2.45, 2.75) is 52.0 Å². The zero-order valence-electron chi connectivity index (χ0n) is 22.6. The van der Waals surface area contributed by atoms with Gasteiger partial charge in [0.05, 0.1) is 16.1 Å². The molecule has 0 aromatic heterocycles. The number of amides is 4. The number of carbonyl (C=O) groups is 3. The average Bonchev–Trinajstić information content (AvgIpc) is 3.14. The van der Waals surface area contributed by atoms with E-state index in [1.807, 2.05) is 42.7 Å². The van der Waals surface area contributed by atoms with Gasteiger partial charge in [0.2, 0.25) is 0 Å². The maximum Gasteiger partial charge on any atom is 0.317 e. The number of hydrogen-bond acceptors (Lipinski definition) is 4. The van der Waals surface area contributed by atoms with Gasteiger partial charge in [-0.25, -0.2) is 4.79 Å². The number of piperidine rings is 1. The summed E-state index contributed by atoms with van der Waals surface area (Å²) < 4.78 is 0. The van der Waals surface area contributed by atoms with E-state index in [2.05, 4.69) is 15.5 Å². The molecule has 2 fully saturated rings. The Morgan fingerprint density at radius 2 is 1.50 bits per heavy atom. The Hall–Kier alpha value is -3.26. The summed E-state index contributed by atoms with van der Waals surface area (Å²) in [7, 11) is 0. The minimum atomic E-state index is -0.324. The maximum absolute atomic E-state index is 13.7. The van der Waals surface area contributed by atoms with Gasteiger partial charge in [0.15, 0.2) is 0 Å². The van der Waals surface area contributed by atoms with Gasteiger partial charge < -0.3 is 25.3 Å². The molecule has 0 bridgehead atoms. The summed E-state index contributed by atoms with van der Waals surface area (Å²) in [6, 6.07) is 12.3. The Bertz CT molecular complexity index is 1170. The first kappa shape index (κ1) is 27.8. The third kappa shape index (κ3) is 6.98. The lowest BCUT2D eigenvalue weighted by atomic mass is 10.1. The van der Waals surface area contributed by atoms with Crippen molar-refractivity contribution >= 4 is 40.8 Å². The fraction of sp³-hybridized carbons (Fsp3) is 0.483. The Kier molecular flexibility index (Phi) is 8.82. The molecule has 2 aromatic rings. The average molecular weight is 540 g/mol. The Balaban J connectivity index is 1.58. The van der Waals surface area contributed by atoms with Crippen LogP contribution in [0.4, 0.5) is 16.2 Å². The molecule has 2 N–H and O–H groups in total. The van der Waals surface area contributed by atoms with Crippen LogP contribution in [0.3, 0.4) is 0 Å². The fourth-order valence-corrected chi connectivity index (χ4v) is 5.15. The summed E-state index contributed by atoms with van der Waals surface area (Å²) in [5, 5.41) is 6.33. The highest BCUT2D eigenvalue weighted by atomic mass is 35.5. The van der Waals surface area contributed by atoms with E-state index in [4.69, 9.17) is 11.6 Å². The predicted molar refractivity (Wildman–Crippen MR) is 152 cm³/mol. The lowest BCUT2D eigenvalue weighted by molar-refractivity contribution is 0.0724. The number of benzene rings is 2. The topological polar surface area (TPSA) is 85.0 Å². The normalized spacial score (nSPS) is 16.6. The van der Waals surface area contributed by atoms with Gasteiger partial charge in [-0.05, 0) is 76.8 Å². The van der Waals surface area contributed by atoms with E-state index in [1.165, 1.54) is 0 Å². The molecule has 2 heterocycles. The standard InChI is InChI=1S/C29H38ClN5O3/c1-29(2,3)32-28(38)35-17-9-16-33(18-19-35)25-13-12-21(31-26(36)22-10-5-6-11-24(22)30)20-23(25)27(37)34-14-7-4-8-15-34/h5-6,10-13,20H,4,7-9,14-19H2,1-3H3,(H,31,36)(H,32,38). The van der Waals surface area contributed by atoms with Crippen LogP contribution in [0, 0.1) is 0 Å². The molecule has 4 rings (SSSR count). The molecule has 0 aliphatic carbocycles. The first-order valence-corrected chi connectivity index (χ1v) is 13.8. The quantitative estimate of drug-likeness (QED) is 0.556. The molecule has 2 aromatic carbocycles. The third-order valence-corrected chi connectivity index (χ3v) is 7.18. The van der Waals surface area contributed by atoms with Crippen LogP contribution in [0.15, 0.2) is 42.5 Å². The highest BCUT2D eigenvalue weighted by molar-refractivity contribution is 6.34. The van der Waals surface area contributed by atoms with Crippen molar-refractivity contribution in [2.75, 3.05) is 49.5 Å². The highest BCUT2D eigenvalue weighted by Crippen LogP contribution is 2.29.